The minimum Gasteiger partial charge on any atom is -0.497 e. The van der Waals surface area contributed by atoms with Gasteiger partial charge in [0, 0.05) is 22.4 Å². The fourth-order valence-electron chi connectivity index (χ4n) is 4.45. The number of nitriles is 1. The van der Waals surface area contributed by atoms with Crippen molar-refractivity contribution in [1.82, 2.24) is 4.90 Å². The van der Waals surface area contributed by atoms with Crippen LogP contribution in [0.2, 0.25) is 0 Å². The van der Waals surface area contributed by atoms with Crippen molar-refractivity contribution in [1.29, 1.82) is 5.26 Å². The molecule has 0 unspecified atom stereocenters. The molecule has 3 aromatic carbocycles. The van der Waals surface area contributed by atoms with Crippen LogP contribution in [0.1, 0.15) is 24.1 Å². The first-order chi connectivity index (χ1) is 17.2. The normalized spacial score (nSPS) is 13.9. The summed E-state index contributed by atoms with van der Waals surface area (Å²) in [6.45, 7) is 4.01. The number of nitrogens with zero attached hydrogens (tertiary/aromatic N) is 2. The Hall–Kier alpha value is -3.53. The second-order valence-corrected chi connectivity index (χ2v) is 9.71. The summed E-state index contributed by atoms with van der Waals surface area (Å²) in [6.07, 6.45) is 3.92. The van der Waals surface area contributed by atoms with Crippen LogP contribution in [0.15, 0.2) is 66.7 Å². The number of hydrogen-bond acceptors (Lipinski definition) is 6. The molecule has 35 heavy (non-hydrogen) atoms. The van der Waals surface area contributed by atoms with Crippen molar-refractivity contribution in [3.05, 3.63) is 71.6 Å². The second kappa shape index (κ2) is 10.8. The van der Waals surface area contributed by atoms with Gasteiger partial charge in [-0.25, -0.2) is 0 Å². The van der Waals surface area contributed by atoms with Crippen LogP contribution in [0.4, 0.5) is 0 Å². The van der Waals surface area contributed by atoms with Gasteiger partial charge in [-0.15, -0.1) is 11.3 Å². The Kier molecular flexibility index (Phi) is 7.17. The Labute approximate surface area is 210 Å². The smallest absolute Gasteiger partial charge is 0.143 e. The van der Waals surface area contributed by atoms with E-state index in [1.807, 2.05) is 60.7 Å². The third-order valence-electron chi connectivity index (χ3n) is 6.33. The van der Waals surface area contributed by atoms with Gasteiger partial charge in [-0.05, 0) is 92.0 Å². The molecule has 0 aliphatic carbocycles. The first-order valence-electron chi connectivity index (χ1n) is 12.0. The zero-order valence-electron chi connectivity index (χ0n) is 19.8. The number of rotatable bonds is 8. The lowest BCUT2D eigenvalue weighted by molar-refractivity contribution is 0.183. The van der Waals surface area contributed by atoms with Crippen LogP contribution in [0.25, 0.3) is 21.2 Å². The van der Waals surface area contributed by atoms with Crippen LogP contribution >= 0.6 is 11.3 Å². The van der Waals surface area contributed by atoms with E-state index in [-0.39, 0.29) is 0 Å². The first-order valence-corrected chi connectivity index (χ1v) is 12.8. The van der Waals surface area contributed by atoms with E-state index in [2.05, 4.69) is 17.0 Å². The molecule has 0 N–H and O–H groups in total. The molecule has 1 aliphatic heterocycles. The lowest BCUT2D eigenvalue weighted by Crippen LogP contribution is -2.33. The monoisotopic (exact) mass is 484 g/mol. The predicted octanol–water partition coefficient (Wildman–Crippen LogP) is 7.11. The average molecular weight is 485 g/mol. The highest BCUT2D eigenvalue weighted by Crippen LogP contribution is 2.42. The topological polar surface area (TPSA) is 54.7 Å². The Morgan fingerprint density at radius 1 is 0.886 bits per heavy atom. The molecule has 0 saturated carbocycles. The number of fused-ring (bicyclic) bond motifs is 1. The van der Waals surface area contributed by atoms with Crippen molar-refractivity contribution in [3.8, 4) is 39.5 Å². The summed E-state index contributed by atoms with van der Waals surface area (Å²) in [5.41, 5.74) is 0.955. The van der Waals surface area contributed by atoms with E-state index < -0.39 is 0 Å². The van der Waals surface area contributed by atoms with Gasteiger partial charge in [0.05, 0.1) is 7.11 Å². The zero-order valence-corrected chi connectivity index (χ0v) is 20.6. The van der Waals surface area contributed by atoms with Crippen molar-refractivity contribution >= 4 is 22.1 Å². The summed E-state index contributed by atoms with van der Waals surface area (Å²) in [4.78, 5) is 4.14. The lowest BCUT2D eigenvalue weighted by Gasteiger charge is -2.26. The average Bonchev–Trinajstić information content (AvgIpc) is 3.39. The van der Waals surface area contributed by atoms with Crippen molar-refractivity contribution in [3.63, 3.8) is 0 Å². The van der Waals surface area contributed by atoms with Crippen molar-refractivity contribution < 1.29 is 14.2 Å². The Morgan fingerprint density at radius 2 is 1.66 bits per heavy atom. The predicted molar refractivity (Wildman–Crippen MR) is 141 cm³/mol. The molecular weight excluding hydrogens is 456 g/mol. The van der Waals surface area contributed by atoms with Crippen molar-refractivity contribution in [2.45, 2.75) is 19.3 Å². The highest BCUT2D eigenvalue weighted by Gasteiger charge is 2.15. The molecule has 0 spiro atoms. The van der Waals surface area contributed by atoms with Crippen molar-refractivity contribution in [2.24, 2.45) is 0 Å². The fraction of sp³-hybridized carbons (Fsp3) is 0.276. The van der Waals surface area contributed by atoms with Crippen LogP contribution in [0, 0.1) is 11.3 Å². The van der Waals surface area contributed by atoms with Gasteiger partial charge in [-0.1, -0.05) is 12.5 Å². The van der Waals surface area contributed by atoms with E-state index in [1.165, 1.54) is 43.7 Å². The molecule has 1 aromatic heterocycles. The third-order valence-corrected chi connectivity index (χ3v) is 7.35. The number of piperidine rings is 1. The summed E-state index contributed by atoms with van der Waals surface area (Å²) in [6, 6.07) is 23.9. The van der Waals surface area contributed by atoms with Gasteiger partial charge in [0.1, 0.15) is 40.6 Å². The lowest BCUT2D eigenvalue weighted by atomic mass is 10.0. The van der Waals surface area contributed by atoms with Gasteiger partial charge in [0.25, 0.3) is 0 Å². The van der Waals surface area contributed by atoms with Gasteiger partial charge in [0.2, 0.25) is 0 Å². The van der Waals surface area contributed by atoms with Crippen LogP contribution in [0.3, 0.4) is 0 Å². The van der Waals surface area contributed by atoms with Crippen LogP contribution in [-0.4, -0.2) is 38.3 Å². The Balaban J connectivity index is 1.38. The third kappa shape index (κ3) is 5.43. The van der Waals surface area contributed by atoms with E-state index in [9.17, 15) is 5.26 Å². The SMILES string of the molecule is COc1ccc2c(Oc3ccc(OCCN4CCCCC4)cc3)c(-c3ccc(C#N)s3)ccc2c1. The molecule has 0 atom stereocenters. The maximum absolute atomic E-state index is 9.29. The Morgan fingerprint density at radius 3 is 2.40 bits per heavy atom. The van der Waals surface area contributed by atoms with Crippen molar-refractivity contribution in [2.75, 3.05) is 33.4 Å². The van der Waals surface area contributed by atoms with Gasteiger partial charge in [-0.3, -0.25) is 4.90 Å². The molecule has 178 valence electrons. The van der Waals surface area contributed by atoms with Crippen LogP contribution in [0.5, 0.6) is 23.0 Å². The molecule has 5 nitrogen and oxygen atoms in total. The molecule has 4 aromatic rings. The van der Waals surface area contributed by atoms with Gasteiger partial charge in [0.15, 0.2) is 0 Å². The standard InChI is InChI=1S/C29H28N2O3S/c1-32-24-10-13-26-21(19-24)5-12-27(28-14-11-25(20-30)35-28)29(26)34-23-8-6-22(7-9-23)33-18-17-31-15-3-2-4-16-31/h5-14,19H,2-4,15-18H2,1H3. The molecule has 0 bridgehead atoms. The van der Waals surface area contributed by atoms with E-state index in [0.29, 0.717) is 11.5 Å². The summed E-state index contributed by atoms with van der Waals surface area (Å²) >= 11 is 1.46. The number of likely N-dealkylation sites (tertiary alicyclic amines) is 1. The second-order valence-electron chi connectivity index (χ2n) is 8.63. The first kappa shape index (κ1) is 23.2. The highest BCUT2D eigenvalue weighted by atomic mass is 32.1. The molecular formula is C29H28N2O3S. The number of benzene rings is 3. The quantitative estimate of drug-likeness (QED) is 0.267. The molecule has 1 saturated heterocycles. The molecule has 0 radical (unpaired) electrons. The maximum Gasteiger partial charge on any atom is 0.143 e. The van der Waals surface area contributed by atoms with Crippen LogP contribution in [-0.2, 0) is 0 Å². The van der Waals surface area contributed by atoms with E-state index in [0.717, 1.165) is 50.8 Å². The molecule has 6 heteroatoms. The van der Waals surface area contributed by atoms with E-state index in [1.54, 1.807) is 7.11 Å². The summed E-state index contributed by atoms with van der Waals surface area (Å²) in [5, 5.41) is 11.3. The summed E-state index contributed by atoms with van der Waals surface area (Å²) in [7, 11) is 1.66. The van der Waals surface area contributed by atoms with Crippen LogP contribution < -0.4 is 14.2 Å². The molecule has 2 heterocycles. The molecule has 0 amide bonds. The van der Waals surface area contributed by atoms with Gasteiger partial charge < -0.3 is 14.2 Å². The number of thiophene rings is 1. The minimum atomic E-state index is 0.673. The number of ether oxygens (including phenoxy) is 3. The molecule has 1 fully saturated rings. The van der Waals surface area contributed by atoms with Gasteiger partial charge in [-0.2, -0.15) is 5.26 Å². The largest absolute Gasteiger partial charge is 0.497 e. The maximum atomic E-state index is 9.29. The van der Waals surface area contributed by atoms with E-state index >= 15 is 0 Å². The number of hydrogen-bond donors (Lipinski definition) is 0. The van der Waals surface area contributed by atoms with Gasteiger partial charge >= 0.3 is 0 Å². The molecule has 5 rings (SSSR count). The Bertz CT molecular complexity index is 1330. The summed E-state index contributed by atoms with van der Waals surface area (Å²) < 4.78 is 17.9. The minimum absolute atomic E-state index is 0.673. The zero-order chi connectivity index (χ0) is 24.0. The fourth-order valence-corrected chi connectivity index (χ4v) is 5.28. The highest BCUT2D eigenvalue weighted by molar-refractivity contribution is 7.16. The molecule has 1 aliphatic rings. The summed E-state index contributed by atoms with van der Waals surface area (Å²) in [5.74, 6) is 3.13. The van der Waals surface area contributed by atoms with E-state index in [4.69, 9.17) is 14.2 Å². The number of methoxy groups -OCH3 is 1.